The highest BCUT2D eigenvalue weighted by Gasteiger charge is 2.16. The van der Waals surface area contributed by atoms with Crippen LogP contribution in [0.25, 0.3) is 0 Å². The first-order chi connectivity index (χ1) is 16.4. The molecule has 2 unspecified atom stereocenters. The van der Waals surface area contributed by atoms with E-state index < -0.39 is 0 Å². The Balaban J connectivity index is 1.77. The van der Waals surface area contributed by atoms with Crippen LogP contribution in [0.1, 0.15) is 83.5 Å². The standard InChI is InChI=1S/C28H34N4O2/c1-3-10-23(29)21-14-5-7-16-25(21)31-27(33)19-12-9-13-20(18-19)28(34)32-26-17-8-6-15-22(26)24(30)11-4-2/h5-9,12-18,23-24H,3-4,10-11,29-30H2,1-2H3,(H,31,33)(H,32,34). The molecular weight excluding hydrogens is 424 g/mol. The number of hydrogen-bond donors (Lipinski definition) is 4. The topological polar surface area (TPSA) is 110 Å². The fourth-order valence-electron chi connectivity index (χ4n) is 3.99. The molecule has 0 aliphatic heterocycles. The molecule has 3 aromatic rings. The lowest BCUT2D eigenvalue weighted by Crippen LogP contribution is -2.19. The molecule has 0 saturated heterocycles. The molecular formula is C28H34N4O2. The molecule has 0 radical (unpaired) electrons. The highest BCUT2D eigenvalue weighted by atomic mass is 16.2. The number of nitrogens with one attached hydrogen (secondary N) is 2. The van der Waals surface area contributed by atoms with E-state index in [-0.39, 0.29) is 23.9 Å². The minimum absolute atomic E-state index is 0.155. The summed E-state index contributed by atoms with van der Waals surface area (Å²) in [5.74, 6) is -0.590. The van der Waals surface area contributed by atoms with E-state index in [1.54, 1.807) is 24.3 Å². The second-order valence-corrected chi connectivity index (χ2v) is 8.45. The lowest BCUT2D eigenvalue weighted by Gasteiger charge is -2.17. The Morgan fingerprint density at radius 3 is 1.50 bits per heavy atom. The molecule has 2 amide bonds. The Kier molecular flexibility index (Phi) is 8.96. The average molecular weight is 459 g/mol. The van der Waals surface area contributed by atoms with E-state index in [2.05, 4.69) is 24.5 Å². The van der Waals surface area contributed by atoms with Gasteiger partial charge >= 0.3 is 0 Å². The maximum atomic E-state index is 13.0. The first-order valence-corrected chi connectivity index (χ1v) is 11.9. The number of anilines is 2. The van der Waals surface area contributed by atoms with Crippen molar-refractivity contribution in [3.05, 3.63) is 95.1 Å². The number of amides is 2. The molecule has 3 rings (SSSR count). The lowest BCUT2D eigenvalue weighted by atomic mass is 10.0. The SMILES string of the molecule is CCCC(N)c1ccccc1NC(=O)c1cccc(C(=O)Nc2ccccc2C(N)CCC)c1. The summed E-state index contributed by atoms with van der Waals surface area (Å²) >= 11 is 0. The van der Waals surface area contributed by atoms with Crippen molar-refractivity contribution < 1.29 is 9.59 Å². The lowest BCUT2D eigenvalue weighted by molar-refractivity contribution is 0.102. The van der Waals surface area contributed by atoms with Gasteiger partial charge in [0.05, 0.1) is 0 Å². The van der Waals surface area contributed by atoms with E-state index in [4.69, 9.17) is 11.5 Å². The van der Waals surface area contributed by atoms with Gasteiger partial charge in [-0.2, -0.15) is 0 Å². The molecule has 6 heteroatoms. The van der Waals surface area contributed by atoms with Gasteiger partial charge in [0.15, 0.2) is 0 Å². The summed E-state index contributed by atoms with van der Waals surface area (Å²) in [6.07, 6.45) is 3.55. The van der Waals surface area contributed by atoms with Crippen molar-refractivity contribution in [3.8, 4) is 0 Å². The normalized spacial score (nSPS) is 12.6. The second kappa shape index (κ2) is 12.1. The van der Waals surface area contributed by atoms with Crippen LogP contribution in [0.2, 0.25) is 0 Å². The van der Waals surface area contributed by atoms with E-state index in [1.165, 1.54) is 0 Å². The van der Waals surface area contributed by atoms with Crippen LogP contribution >= 0.6 is 0 Å². The van der Waals surface area contributed by atoms with Gasteiger partial charge in [0.2, 0.25) is 0 Å². The third kappa shape index (κ3) is 6.31. The fourth-order valence-corrected chi connectivity index (χ4v) is 3.99. The number of rotatable bonds is 10. The zero-order valence-electron chi connectivity index (χ0n) is 19.9. The molecule has 178 valence electrons. The van der Waals surface area contributed by atoms with Crippen LogP contribution in [0.15, 0.2) is 72.8 Å². The molecule has 0 aromatic heterocycles. The van der Waals surface area contributed by atoms with E-state index in [0.29, 0.717) is 22.5 Å². The van der Waals surface area contributed by atoms with Crippen molar-refractivity contribution in [1.82, 2.24) is 0 Å². The van der Waals surface area contributed by atoms with Gasteiger partial charge in [-0.1, -0.05) is 69.2 Å². The Hall–Kier alpha value is -3.48. The molecule has 34 heavy (non-hydrogen) atoms. The molecule has 0 bridgehead atoms. The molecule has 6 nitrogen and oxygen atoms in total. The predicted octanol–water partition coefficient (Wildman–Crippen LogP) is 5.79. The molecule has 0 heterocycles. The Morgan fingerprint density at radius 2 is 1.09 bits per heavy atom. The van der Waals surface area contributed by atoms with Gasteiger partial charge in [-0.3, -0.25) is 9.59 Å². The first-order valence-electron chi connectivity index (χ1n) is 11.9. The van der Waals surface area contributed by atoms with Gasteiger partial charge in [-0.15, -0.1) is 0 Å². The average Bonchev–Trinajstić information content (AvgIpc) is 2.85. The third-order valence-electron chi connectivity index (χ3n) is 5.80. The van der Waals surface area contributed by atoms with Gasteiger partial charge in [0.25, 0.3) is 11.8 Å². The highest BCUT2D eigenvalue weighted by Crippen LogP contribution is 2.26. The zero-order chi connectivity index (χ0) is 24.5. The van der Waals surface area contributed by atoms with Gasteiger partial charge in [-0.05, 0) is 54.3 Å². The second-order valence-electron chi connectivity index (χ2n) is 8.45. The molecule has 3 aromatic carbocycles. The van der Waals surface area contributed by atoms with E-state index in [1.807, 2.05) is 48.5 Å². The van der Waals surface area contributed by atoms with Crippen molar-refractivity contribution in [2.24, 2.45) is 11.5 Å². The van der Waals surface area contributed by atoms with Crippen LogP contribution < -0.4 is 22.1 Å². The number of nitrogens with two attached hydrogens (primary N) is 2. The zero-order valence-corrected chi connectivity index (χ0v) is 19.9. The summed E-state index contributed by atoms with van der Waals surface area (Å²) in [7, 11) is 0. The van der Waals surface area contributed by atoms with Crippen molar-refractivity contribution in [2.75, 3.05) is 10.6 Å². The first kappa shape index (κ1) is 25.1. The molecule has 0 spiro atoms. The third-order valence-corrected chi connectivity index (χ3v) is 5.80. The van der Waals surface area contributed by atoms with Gasteiger partial charge in [-0.25, -0.2) is 0 Å². The number of carbonyl (C=O) groups excluding carboxylic acids is 2. The largest absolute Gasteiger partial charge is 0.324 e. The van der Waals surface area contributed by atoms with Gasteiger partial charge in [0, 0.05) is 34.6 Å². The minimum Gasteiger partial charge on any atom is -0.324 e. The summed E-state index contributed by atoms with van der Waals surface area (Å²) in [6, 6.07) is 21.5. The Morgan fingerprint density at radius 1 is 0.676 bits per heavy atom. The van der Waals surface area contributed by atoms with Crippen LogP contribution in [-0.2, 0) is 0 Å². The monoisotopic (exact) mass is 458 g/mol. The number of benzene rings is 3. The van der Waals surface area contributed by atoms with Crippen molar-refractivity contribution >= 4 is 23.2 Å². The smallest absolute Gasteiger partial charge is 0.255 e. The van der Waals surface area contributed by atoms with Crippen LogP contribution in [0.4, 0.5) is 11.4 Å². The molecule has 6 N–H and O–H groups in total. The summed E-state index contributed by atoms with van der Waals surface area (Å²) in [5.41, 5.74) is 16.5. The highest BCUT2D eigenvalue weighted by molar-refractivity contribution is 6.09. The molecule has 0 aliphatic rings. The Bertz CT molecular complexity index is 1040. The molecule has 2 atom stereocenters. The van der Waals surface area contributed by atoms with Crippen LogP contribution in [0.5, 0.6) is 0 Å². The van der Waals surface area contributed by atoms with E-state index >= 15 is 0 Å². The Labute approximate surface area is 201 Å². The predicted molar refractivity (Wildman–Crippen MR) is 139 cm³/mol. The molecule has 0 saturated carbocycles. The van der Waals surface area contributed by atoms with Crippen molar-refractivity contribution in [1.29, 1.82) is 0 Å². The summed E-state index contributed by atoms with van der Waals surface area (Å²) in [4.78, 5) is 26.0. The molecule has 0 fully saturated rings. The van der Waals surface area contributed by atoms with Crippen molar-refractivity contribution in [2.45, 2.75) is 51.6 Å². The van der Waals surface area contributed by atoms with Crippen LogP contribution in [0, 0.1) is 0 Å². The number of para-hydroxylation sites is 2. The summed E-state index contributed by atoms with van der Waals surface area (Å²) in [5, 5.41) is 5.91. The minimum atomic E-state index is -0.295. The fraction of sp³-hybridized carbons (Fsp3) is 0.286. The number of carbonyl (C=O) groups is 2. The van der Waals surface area contributed by atoms with E-state index in [9.17, 15) is 9.59 Å². The maximum Gasteiger partial charge on any atom is 0.255 e. The van der Waals surface area contributed by atoms with Gasteiger partial charge < -0.3 is 22.1 Å². The van der Waals surface area contributed by atoms with Crippen molar-refractivity contribution in [3.63, 3.8) is 0 Å². The van der Waals surface area contributed by atoms with Gasteiger partial charge in [0.1, 0.15) is 0 Å². The molecule has 0 aliphatic carbocycles. The summed E-state index contributed by atoms with van der Waals surface area (Å²) in [6.45, 7) is 4.15. The number of hydrogen-bond acceptors (Lipinski definition) is 4. The van der Waals surface area contributed by atoms with Crippen LogP contribution in [-0.4, -0.2) is 11.8 Å². The van der Waals surface area contributed by atoms with Crippen LogP contribution in [0.3, 0.4) is 0 Å². The quantitative estimate of drug-likeness (QED) is 0.308. The van der Waals surface area contributed by atoms with E-state index in [0.717, 1.165) is 36.8 Å². The summed E-state index contributed by atoms with van der Waals surface area (Å²) < 4.78 is 0. The maximum absolute atomic E-state index is 13.0.